The van der Waals surface area contributed by atoms with Gasteiger partial charge in [-0.05, 0) is 39.2 Å². The minimum absolute atomic E-state index is 0.168. The third-order valence-electron chi connectivity index (χ3n) is 3.64. The van der Waals surface area contributed by atoms with Crippen LogP contribution in [0.5, 0.6) is 0 Å². The average Bonchev–Trinajstić information content (AvgIpc) is 2.98. The summed E-state index contributed by atoms with van der Waals surface area (Å²) in [5.74, 6) is 1.25. The first-order valence-electron chi connectivity index (χ1n) is 7.51. The first-order chi connectivity index (χ1) is 10.4. The highest BCUT2D eigenvalue weighted by Crippen LogP contribution is 2.24. The molecule has 120 valence electrons. The average molecular weight is 338 g/mol. The lowest BCUT2D eigenvalue weighted by Crippen LogP contribution is -2.08. The number of ketones is 1. The van der Waals surface area contributed by atoms with E-state index >= 15 is 0 Å². The van der Waals surface area contributed by atoms with Gasteiger partial charge >= 0.3 is 0 Å². The molecule has 0 saturated carbocycles. The molecule has 4 nitrogen and oxygen atoms in total. The minimum atomic E-state index is 0.168. The number of aromatic nitrogens is 3. The van der Waals surface area contributed by atoms with E-state index in [9.17, 15) is 4.79 Å². The van der Waals surface area contributed by atoms with Gasteiger partial charge in [-0.25, -0.2) is 0 Å². The SMILES string of the molecule is Cc1nnc(SCC(=O)c2cc(C)n(CCC(C)C)c2C)s1. The predicted molar refractivity (Wildman–Crippen MR) is 93.1 cm³/mol. The summed E-state index contributed by atoms with van der Waals surface area (Å²) in [5.41, 5.74) is 3.09. The molecule has 2 aromatic heterocycles. The van der Waals surface area contributed by atoms with Crippen LogP contribution in [0.25, 0.3) is 0 Å². The van der Waals surface area contributed by atoms with Crippen LogP contribution in [0.1, 0.15) is 47.0 Å². The van der Waals surface area contributed by atoms with Crippen molar-refractivity contribution in [2.45, 2.75) is 51.9 Å². The molecule has 0 aromatic carbocycles. The largest absolute Gasteiger partial charge is 0.348 e. The number of Topliss-reactive ketones (excluding diaryl/α,β-unsaturated/α-hetero) is 1. The number of aryl methyl sites for hydroxylation is 2. The monoisotopic (exact) mass is 337 g/mol. The molecule has 0 amide bonds. The van der Waals surface area contributed by atoms with E-state index in [-0.39, 0.29) is 5.78 Å². The highest BCUT2D eigenvalue weighted by atomic mass is 32.2. The minimum Gasteiger partial charge on any atom is -0.348 e. The van der Waals surface area contributed by atoms with Gasteiger partial charge in [0.25, 0.3) is 0 Å². The second kappa shape index (κ2) is 7.42. The lowest BCUT2D eigenvalue weighted by atomic mass is 10.1. The van der Waals surface area contributed by atoms with Crippen molar-refractivity contribution in [3.63, 3.8) is 0 Å². The van der Waals surface area contributed by atoms with E-state index in [1.165, 1.54) is 28.8 Å². The quantitative estimate of drug-likeness (QED) is 0.559. The van der Waals surface area contributed by atoms with Crippen molar-refractivity contribution < 1.29 is 4.79 Å². The molecule has 0 atom stereocenters. The van der Waals surface area contributed by atoms with Crippen LogP contribution >= 0.6 is 23.1 Å². The fourth-order valence-corrected chi connectivity index (χ4v) is 4.06. The molecular formula is C16H23N3OS2. The molecule has 22 heavy (non-hydrogen) atoms. The summed E-state index contributed by atoms with van der Waals surface area (Å²) in [6.07, 6.45) is 1.13. The van der Waals surface area contributed by atoms with Crippen molar-refractivity contribution in [2.75, 3.05) is 5.75 Å². The maximum absolute atomic E-state index is 12.5. The molecule has 0 aliphatic rings. The van der Waals surface area contributed by atoms with Crippen LogP contribution in [-0.2, 0) is 6.54 Å². The lowest BCUT2D eigenvalue weighted by Gasteiger charge is -2.11. The molecule has 0 saturated heterocycles. The smallest absolute Gasteiger partial charge is 0.174 e. The van der Waals surface area contributed by atoms with Crippen molar-refractivity contribution >= 4 is 28.9 Å². The highest BCUT2D eigenvalue weighted by molar-refractivity contribution is 8.01. The lowest BCUT2D eigenvalue weighted by molar-refractivity contribution is 0.102. The zero-order chi connectivity index (χ0) is 16.3. The molecule has 0 N–H and O–H groups in total. The maximum Gasteiger partial charge on any atom is 0.174 e. The molecular weight excluding hydrogens is 314 g/mol. The van der Waals surface area contributed by atoms with Crippen LogP contribution in [-0.4, -0.2) is 26.3 Å². The van der Waals surface area contributed by atoms with Gasteiger partial charge in [0.2, 0.25) is 0 Å². The van der Waals surface area contributed by atoms with Gasteiger partial charge in [-0.2, -0.15) is 0 Å². The van der Waals surface area contributed by atoms with E-state index in [2.05, 4.69) is 35.5 Å². The summed E-state index contributed by atoms with van der Waals surface area (Å²) >= 11 is 3.00. The molecule has 0 radical (unpaired) electrons. The first-order valence-corrected chi connectivity index (χ1v) is 9.31. The van der Waals surface area contributed by atoms with Crippen LogP contribution in [0, 0.1) is 26.7 Å². The molecule has 6 heteroatoms. The maximum atomic E-state index is 12.5. The molecule has 0 bridgehead atoms. The van der Waals surface area contributed by atoms with E-state index in [1.807, 2.05) is 19.9 Å². The van der Waals surface area contributed by atoms with Gasteiger partial charge in [-0.3, -0.25) is 4.79 Å². The Morgan fingerprint density at radius 1 is 1.32 bits per heavy atom. The predicted octanol–water partition coefficient (Wildman–Crippen LogP) is 4.29. The van der Waals surface area contributed by atoms with Crippen molar-refractivity contribution in [1.82, 2.24) is 14.8 Å². The number of hydrogen-bond donors (Lipinski definition) is 0. The van der Waals surface area contributed by atoms with E-state index in [0.717, 1.165) is 33.6 Å². The number of nitrogens with zero attached hydrogens (tertiary/aromatic N) is 3. The Balaban J connectivity index is 2.04. The highest BCUT2D eigenvalue weighted by Gasteiger charge is 2.16. The molecule has 0 fully saturated rings. The Hall–Kier alpha value is -1.14. The van der Waals surface area contributed by atoms with Crippen LogP contribution in [0.15, 0.2) is 10.4 Å². The third kappa shape index (κ3) is 4.20. The van der Waals surface area contributed by atoms with Gasteiger partial charge in [0.15, 0.2) is 10.1 Å². The Morgan fingerprint density at radius 2 is 2.05 bits per heavy atom. The zero-order valence-electron chi connectivity index (χ0n) is 13.8. The van der Waals surface area contributed by atoms with E-state index < -0.39 is 0 Å². The zero-order valence-corrected chi connectivity index (χ0v) is 15.5. The van der Waals surface area contributed by atoms with Crippen LogP contribution < -0.4 is 0 Å². The molecule has 2 heterocycles. The van der Waals surface area contributed by atoms with Gasteiger partial charge in [0.1, 0.15) is 5.01 Å². The summed E-state index contributed by atoms with van der Waals surface area (Å²) in [6, 6.07) is 2.02. The van der Waals surface area contributed by atoms with E-state index in [0.29, 0.717) is 11.7 Å². The van der Waals surface area contributed by atoms with Gasteiger partial charge in [-0.15, -0.1) is 10.2 Å². The molecule has 0 spiro atoms. The Kier molecular flexibility index (Phi) is 5.81. The number of thioether (sulfide) groups is 1. The van der Waals surface area contributed by atoms with Gasteiger partial charge < -0.3 is 4.57 Å². The second-order valence-electron chi connectivity index (χ2n) is 5.92. The molecule has 0 unspecified atom stereocenters. The van der Waals surface area contributed by atoms with E-state index in [1.54, 1.807) is 0 Å². The fourth-order valence-electron chi connectivity index (χ4n) is 2.36. The molecule has 0 aliphatic heterocycles. The summed E-state index contributed by atoms with van der Waals surface area (Å²) in [5, 5.41) is 8.96. The van der Waals surface area contributed by atoms with Crippen molar-refractivity contribution in [1.29, 1.82) is 0 Å². The number of carbonyl (C=O) groups is 1. The molecule has 0 aliphatic carbocycles. The van der Waals surface area contributed by atoms with Gasteiger partial charge in [0.05, 0.1) is 5.75 Å². The van der Waals surface area contributed by atoms with Gasteiger partial charge in [-0.1, -0.05) is 36.9 Å². The fraction of sp³-hybridized carbons (Fsp3) is 0.562. The summed E-state index contributed by atoms with van der Waals surface area (Å²) in [7, 11) is 0. The number of carbonyl (C=O) groups excluding carboxylic acids is 1. The Morgan fingerprint density at radius 3 is 2.64 bits per heavy atom. The third-order valence-corrected chi connectivity index (χ3v) is 5.61. The van der Waals surface area contributed by atoms with Crippen molar-refractivity contribution in [3.8, 4) is 0 Å². The molecule has 2 rings (SSSR count). The van der Waals surface area contributed by atoms with Crippen molar-refractivity contribution in [2.24, 2.45) is 5.92 Å². The second-order valence-corrected chi connectivity index (χ2v) is 8.32. The van der Waals surface area contributed by atoms with Crippen LogP contribution in [0.4, 0.5) is 0 Å². The van der Waals surface area contributed by atoms with Crippen molar-refractivity contribution in [3.05, 3.63) is 28.0 Å². The van der Waals surface area contributed by atoms with Crippen LogP contribution in [0.2, 0.25) is 0 Å². The topological polar surface area (TPSA) is 47.8 Å². The summed E-state index contributed by atoms with van der Waals surface area (Å²) in [6.45, 7) is 11.5. The Bertz CT molecular complexity index is 658. The molecule has 2 aromatic rings. The van der Waals surface area contributed by atoms with Crippen LogP contribution in [0.3, 0.4) is 0 Å². The summed E-state index contributed by atoms with van der Waals surface area (Å²) < 4.78 is 3.12. The van der Waals surface area contributed by atoms with E-state index in [4.69, 9.17) is 0 Å². The Labute approximate surface area is 140 Å². The summed E-state index contributed by atoms with van der Waals surface area (Å²) in [4.78, 5) is 12.5. The standard InChI is InChI=1S/C16H23N3OS2/c1-10(2)6-7-19-11(3)8-14(12(19)4)15(20)9-21-16-18-17-13(5)22-16/h8,10H,6-7,9H2,1-5H3. The number of rotatable bonds is 7. The number of hydrogen-bond acceptors (Lipinski definition) is 5. The first kappa shape index (κ1) is 17.2. The van der Waals surface area contributed by atoms with Gasteiger partial charge in [0, 0.05) is 23.5 Å². The normalized spacial score (nSPS) is 11.4.